The Morgan fingerprint density at radius 1 is 1.12 bits per heavy atom. The van der Waals surface area contributed by atoms with Crippen LogP contribution in [-0.4, -0.2) is 29.4 Å². The number of hydrogen-bond donors (Lipinski definition) is 2. The smallest absolute Gasteiger partial charge is 0.222 e. The monoisotopic (exact) mass is 390 g/mol. The molecule has 3 rings (SSSR count). The first-order valence-corrected chi connectivity index (χ1v) is 9.10. The van der Waals surface area contributed by atoms with E-state index in [0.29, 0.717) is 29.0 Å². The van der Waals surface area contributed by atoms with Gasteiger partial charge in [0.15, 0.2) is 11.5 Å². The van der Waals surface area contributed by atoms with E-state index in [2.05, 4.69) is 20.5 Å². The third kappa shape index (κ3) is 4.23. The van der Waals surface area contributed by atoms with E-state index >= 15 is 0 Å². The van der Waals surface area contributed by atoms with Gasteiger partial charge in [-0.25, -0.2) is 0 Å². The Kier molecular flexibility index (Phi) is 5.90. The molecule has 1 aromatic heterocycles. The van der Waals surface area contributed by atoms with Crippen LogP contribution < -0.4 is 14.8 Å². The van der Waals surface area contributed by atoms with Crippen LogP contribution in [0.1, 0.15) is 11.4 Å². The zero-order valence-corrected chi connectivity index (χ0v) is 16.2. The van der Waals surface area contributed by atoms with Crippen LogP contribution in [0.25, 0.3) is 0 Å². The summed E-state index contributed by atoms with van der Waals surface area (Å²) < 4.78 is 10.7. The molecule has 0 aliphatic carbocycles. The van der Waals surface area contributed by atoms with Crippen molar-refractivity contribution in [1.82, 2.24) is 15.2 Å². The molecule has 2 N–H and O–H groups in total. The molecule has 0 fully saturated rings. The van der Waals surface area contributed by atoms with Crippen LogP contribution in [0.15, 0.2) is 46.2 Å². The molecule has 8 heteroatoms. The van der Waals surface area contributed by atoms with Crippen molar-refractivity contribution >= 4 is 29.3 Å². The van der Waals surface area contributed by atoms with Gasteiger partial charge in [-0.05, 0) is 37.3 Å². The fraction of sp³-hybridized carbons (Fsp3) is 0.222. The van der Waals surface area contributed by atoms with E-state index in [-0.39, 0.29) is 0 Å². The number of benzene rings is 2. The molecule has 0 bridgehead atoms. The van der Waals surface area contributed by atoms with Crippen molar-refractivity contribution in [3.63, 3.8) is 0 Å². The number of rotatable bonds is 7. The zero-order chi connectivity index (χ0) is 18.5. The summed E-state index contributed by atoms with van der Waals surface area (Å²) >= 11 is 8.04. The number of halogens is 1. The van der Waals surface area contributed by atoms with Crippen LogP contribution >= 0.6 is 23.4 Å². The Hall–Kier alpha value is -2.38. The Morgan fingerprint density at radius 2 is 1.92 bits per heavy atom. The fourth-order valence-corrected chi connectivity index (χ4v) is 3.72. The number of aromatic nitrogens is 3. The van der Waals surface area contributed by atoms with Gasteiger partial charge in [0.2, 0.25) is 5.95 Å². The molecule has 0 saturated heterocycles. The largest absolute Gasteiger partial charge is 0.493 e. The fourth-order valence-electron chi connectivity index (χ4n) is 2.41. The lowest BCUT2D eigenvalue weighted by Gasteiger charge is -2.13. The first-order chi connectivity index (χ1) is 12.6. The minimum Gasteiger partial charge on any atom is -0.493 e. The molecule has 3 aromatic rings. The minimum absolute atomic E-state index is 0.532. The SMILES string of the molecule is COc1ccc(Sc2cccc(Cl)c2CNc2nnc(C)[nH]2)cc1OC. The van der Waals surface area contributed by atoms with Crippen LogP contribution in [0, 0.1) is 6.92 Å². The van der Waals surface area contributed by atoms with Gasteiger partial charge in [-0.15, -0.1) is 10.2 Å². The molecule has 26 heavy (non-hydrogen) atoms. The van der Waals surface area contributed by atoms with Gasteiger partial charge in [0.25, 0.3) is 0 Å². The molecule has 0 unspecified atom stereocenters. The minimum atomic E-state index is 0.532. The molecule has 1 heterocycles. The summed E-state index contributed by atoms with van der Waals surface area (Å²) in [6, 6.07) is 11.7. The Balaban J connectivity index is 1.82. The highest BCUT2D eigenvalue weighted by Crippen LogP contribution is 2.38. The lowest BCUT2D eigenvalue weighted by Crippen LogP contribution is -2.03. The molecule has 0 radical (unpaired) electrons. The van der Waals surface area contributed by atoms with E-state index < -0.39 is 0 Å². The lowest BCUT2D eigenvalue weighted by molar-refractivity contribution is 0.354. The van der Waals surface area contributed by atoms with Crippen molar-refractivity contribution in [2.75, 3.05) is 19.5 Å². The Bertz CT molecular complexity index is 901. The second-order valence-electron chi connectivity index (χ2n) is 5.45. The molecule has 0 saturated carbocycles. The number of hydrogen-bond acceptors (Lipinski definition) is 6. The molecule has 0 aliphatic rings. The number of methoxy groups -OCH3 is 2. The second kappa shape index (κ2) is 8.33. The third-order valence-electron chi connectivity index (χ3n) is 3.69. The maximum absolute atomic E-state index is 6.43. The van der Waals surface area contributed by atoms with Crippen molar-refractivity contribution < 1.29 is 9.47 Å². The molecule has 2 aromatic carbocycles. The van der Waals surface area contributed by atoms with Crippen LogP contribution in [-0.2, 0) is 6.54 Å². The molecule has 6 nitrogen and oxygen atoms in total. The standard InChI is InChI=1S/C18H19ClN4O2S/c1-11-21-18(23-22-11)20-10-13-14(19)5-4-6-17(13)26-12-7-8-15(24-2)16(9-12)25-3/h4-9H,10H2,1-3H3,(H2,20,21,22,23). The molecular formula is C18H19ClN4O2S. The van der Waals surface area contributed by atoms with Gasteiger partial charge in [0, 0.05) is 26.9 Å². The van der Waals surface area contributed by atoms with Gasteiger partial charge in [-0.3, -0.25) is 0 Å². The summed E-state index contributed by atoms with van der Waals surface area (Å²) in [4.78, 5) is 5.13. The van der Waals surface area contributed by atoms with E-state index in [1.807, 2.05) is 43.3 Å². The van der Waals surface area contributed by atoms with E-state index in [1.54, 1.807) is 26.0 Å². The predicted octanol–water partition coefficient (Wildman–Crippen LogP) is 4.55. The summed E-state index contributed by atoms with van der Waals surface area (Å²) in [5, 5.41) is 11.9. The van der Waals surface area contributed by atoms with Crippen molar-refractivity contribution in [1.29, 1.82) is 0 Å². The number of aryl methyl sites for hydroxylation is 1. The number of ether oxygens (including phenoxy) is 2. The number of nitrogens with zero attached hydrogens (tertiary/aromatic N) is 2. The summed E-state index contributed by atoms with van der Waals surface area (Å²) in [5.41, 5.74) is 0.989. The van der Waals surface area contributed by atoms with Gasteiger partial charge in [0.1, 0.15) is 5.82 Å². The van der Waals surface area contributed by atoms with E-state index in [4.69, 9.17) is 21.1 Å². The van der Waals surface area contributed by atoms with Crippen molar-refractivity contribution in [3.8, 4) is 11.5 Å². The summed E-state index contributed by atoms with van der Waals surface area (Å²) in [5.74, 6) is 2.76. The normalized spacial score (nSPS) is 10.6. The van der Waals surface area contributed by atoms with Crippen LogP contribution in [0.2, 0.25) is 5.02 Å². The van der Waals surface area contributed by atoms with Crippen LogP contribution in [0.4, 0.5) is 5.95 Å². The van der Waals surface area contributed by atoms with Gasteiger partial charge < -0.3 is 19.8 Å². The van der Waals surface area contributed by atoms with Crippen LogP contribution in [0.5, 0.6) is 11.5 Å². The van der Waals surface area contributed by atoms with Crippen molar-refractivity contribution in [2.45, 2.75) is 23.3 Å². The lowest BCUT2D eigenvalue weighted by atomic mass is 10.2. The van der Waals surface area contributed by atoms with Gasteiger partial charge >= 0.3 is 0 Å². The summed E-state index contributed by atoms with van der Waals surface area (Å²) in [7, 11) is 3.25. The summed E-state index contributed by atoms with van der Waals surface area (Å²) in [6.07, 6.45) is 0. The molecule has 0 amide bonds. The topological polar surface area (TPSA) is 72.1 Å². The average Bonchev–Trinajstić information content (AvgIpc) is 3.06. The van der Waals surface area contributed by atoms with Gasteiger partial charge in [-0.1, -0.05) is 29.4 Å². The van der Waals surface area contributed by atoms with E-state index in [9.17, 15) is 0 Å². The number of anilines is 1. The van der Waals surface area contributed by atoms with E-state index in [0.717, 1.165) is 21.2 Å². The average molecular weight is 391 g/mol. The third-order valence-corrected chi connectivity index (χ3v) is 5.14. The zero-order valence-electron chi connectivity index (χ0n) is 14.7. The molecule has 0 spiro atoms. The maximum atomic E-state index is 6.43. The highest BCUT2D eigenvalue weighted by Gasteiger charge is 2.11. The number of aromatic amines is 1. The predicted molar refractivity (Wildman–Crippen MR) is 104 cm³/mol. The van der Waals surface area contributed by atoms with Crippen molar-refractivity contribution in [2.24, 2.45) is 0 Å². The maximum Gasteiger partial charge on any atom is 0.222 e. The number of nitrogens with one attached hydrogen (secondary N) is 2. The molecule has 136 valence electrons. The van der Waals surface area contributed by atoms with E-state index in [1.165, 1.54) is 0 Å². The second-order valence-corrected chi connectivity index (χ2v) is 6.97. The van der Waals surface area contributed by atoms with Gasteiger partial charge in [0.05, 0.1) is 14.2 Å². The first-order valence-electron chi connectivity index (χ1n) is 7.91. The summed E-state index contributed by atoms with van der Waals surface area (Å²) in [6.45, 7) is 2.38. The first kappa shape index (κ1) is 18.4. The Labute approximate surface area is 161 Å². The van der Waals surface area contributed by atoms with Crippen LogP contribution in [0.3, 0.4) is 0 Å². The van der Waals surface area contributed by atoms with Gasteiger partial charge in [-0.2, -0.15) is 0 Å². The highest BCUT2D eigenvalue weighted by atomic mass is 35.5. The highest BCUT2D eigenvalue weighted by molar-refractivity contribution is 7.99. The molecular weight excluding hydrogens is 372 g/mol. The quantitative estimate of drug-likeness (QED) is 0.616. The van der Waals surface area contributed by atoms with Crippen molar-refractivity contribution in [3.05, 3.63) is 52.8 Å². The molecule has 0 atom stereocenters. The molecule has 0 aliphatic heterocycles. The number of H-pyrrole nitrogens is 1. The Morgan fingerprint density at radius 3 is 2.62 bits per heavy atom.